The zero-order valence-corrected chi connectivity index (χ0v) is 48.2. The van der Waals surface area contributed by atoms with Gasteiger partial charge in [-0.2, -0.15) is 4.89 Å². The Morgan fingerprint density at radius 2 is 0.778 bits per heavy atom. The molecule has 3 aromatic rings. The molecule has 1 N–H and O–H groups in total. The summed E-state index contributed by atoms with van der Waals surface area (Å²) in [5.74, 6) is 0.698. The van der Waals surface area contributed by atoms with Crippen molar-refractivity contribution in [2.45, 2.75) is 303 Å². The molecule has 0 saturated carbocycles. The van der Waals surface area contributed by atoms with Crippen molar-refractivity contribution in [3.05, 3.63) is 70.8 Å². The SMILES string of the molecule is CCCCCCCCCC1(CCCCCCCC)c2cc(OOC(C)(C)C(C)(C)OO)ccc2-c2cc3c(cc21)-c1ccc(B2OC(C)(C)C(C)(C)O2)cc1C3(CCCCCCCC)CCCCCCCC. The van der Waals surface area contributed by atoms with Crippen LogP contribution in [0.15, 0.2) is 48.5 Å². The first kappa shape index (κ1) is 58.6. The van der Waals surface area contributed by atoms with Gasteiger partial charge in [-0.05, 0) is 155 Å². The third-order valence-corrected chi connectivity index (χ3v) is 18.5. The zero-order chi connectivity index (χ0) is 52.0. The Morgan fingerprint density at radius 3 is 1.17 bits per heavy atom. The summed E-state index contributed by atoms with van der Waals surface area (Å²) in [5.41, 5.74) is 9.74. The largest absolute Gasteiger partial charge is 0.494 e. The Labute approximate surface area is 441 Å². The molecule has 3 aliphatic rings. The highest BCUT2D eigenvalue weighted by Crippen LogP contribution is 2.61. The minimum atomic E-state index is -0.988. The normalized spacial score (nSPS) is 18.4. The summed E-state index contributed by atoms with van der Waals surface area (Å²) in [6.45, 7) is 25.4. The lowest BCUT2D eigenvalue weighted by Crippen LogP contribution is -2.49. The highest BCUT2D eigenvalue weighted by Gasteiger charge is 2.53. The summed E-state index contributed by atoms with van der Waals surface area (Å²) >= 11 is 0. The maximum atomic E-state index is 9.84. The van der Waals surface area contributed by atoms with Gasteiger partial charge in [0.15, 0.2) is 5.75 Å². The maximum Gasteiger partial charge on any atom is 0.494 e. The van der Waals surface area contributed by atoms with Gasteiger partial charge in [0.2, 0.25) is 0 Å². The van der Waals surface area contributed by atoms with Crippen molar-refractivity contribution in [3.8, 4) is 28.0 Å². The van der Waals surface area contributed by atoms with Crippen molar-refractivity contribution < 1.29 is 29.2 Å². The van der Waals surface area contributed by atoms with Crippen LogP contribution in [0.2, 0.25) is 0 Å². The fraction of sp³-hybridized carbons (Fsp3) is 0.723. The Balaban J connectivity index is 1.53. The second-order valence-electron chi connectivity index (χ2n) is 24.9. The Bertz CT molecular complexity index is 2100. The molecular weight excluding hydrogens is 888 g/mol. The number of fused-ring (bicyclic) bond motifs is 6. The van der Waals surface area contributed by atoms with E-state index in [9.17, 15) is 5.26 Å². The molecule has 0 bridgehead atoms. The molecule has 1 aliphatic heterocycles. The van der Waals surface area contributed by atoms with Gasteiger partial charge < -0.3 is 14.2 Å². The molecule has 1 saturated heterocycles. The van der Waals surface area contributed by atoms with Crippen LogP contribution in [0.4, 0.5) is 0 Å². The van der Waals surface area contributed by atoms with Crippen molar-refractivity contribution in [2.24, 2.45) is 0 Å². The number of unbranched alkanes of at least 4 members (excludes halogenated alkanes) is 21. The number of hydrogen-bond acceptors (Lipinski definition) is 6. The van der Waals surface area contributed by atoms with Crippen LogP contribution in [-0.2, 0) is 29.9 Å². The first-order valence-electron chi connectivity index (χ1n) is 30.0. The van der Waals surface area contributed by atoms with E-state index in [4.69, 9.17) is 24.0 Å². The molecule has 402 valence electrons. The number of benzene rings is 3. The van der Waals surface area contributed by atoms with Crippen LogP contribution < -0.4 is 10.4 Å². The highest BCUT2D eigenvalue weighted by molar-refractivity contribution is 6.62. The van der Waals surface area contributed by atoms with E-state index in [0.717, 1.165) is 31.1 Å². The summed E-state index contributed by atoms with van der Waals surface area (Å²) < 4.78 is 13.6. The fourth-order valence-electron chi connectivity index (χ4n) is 12.3. The Morgan fingerprint density at radius 1 is 0.431 bits per heavy atom. The minimum Gasteiger partial charge on any atom is -0.399 e. The van der Waals surface area contributed by atoms with Crippen molar-refractivity contribution in [1.82, 2.24) is 0 Å². The molecule has 7 heteroatoms. The third-order valence-electron chi connectivity index (χ3n) is 18.5. The molecule has 6 nitrogen and oxygen atoms in total. The summed E-state index contributed by atoms with van der Waals surface area (Å²) in [7, 11) is -0.401. The second kappa shape index (κ2) is 26.4. The molecule has 0 spiro atoms. The molecule has 0 radical (unpaired) electrons. The van der Waals surface area contributed by atoms with Crippen LogP contribution >= 0.6 is 0 Å². The quantitative estimate of drug-likeness (QED) is 0.0274. The van der Waals surface area contributed by atoms with Crippen LogP contribution in [0.1, 0.15) is 292 Å². The van der Waals surface area contributed by atoms with Crippen LogP contribution in [-0.4, -0.2) is 34.8 Å². The molecular formula is C65H103BO6. The summed E-state index contributed by atoms with van der Waals surface area (Å²) in [5, 5.41) is 9.84. The van der Waals surface area contributed by atoms with E-state index in [-0.39, 0.29) is 10.8 Å². The lowest BCUT2D eigenvalue weighted by molar-refractivity contribution is -0.398. The van der Waals surface area contributed by atoms with Gasteiger partial charge in [-0.25, -0.2) is 4.89 Å². The maximum absolute atomic E-state index is 9.84. The second-order valence-corrected chi connectivity index (χ2v) is 24.9. The molecule has 1 heterocycles. The molecule has 3 aromatic carbocycles. The smallest absolute Gasteiger partial charge is 0.399 e. The van der Waals surface area contributed by atoms with Crippen LogP contribution in [0.25, 0.3) is 22.3 Å². The van der Waals surface area contributed by atoms with E-state index in [1.165, 1.54) is 199 Å². The predicted molar refractivity (Wildman–Crippen MR) is 305 cm³/mol. The van der Waals surface area contributed by atoms with Gasteiger partial charge in [0, 0.05) is 10.8 Å². The minimum absolute atomic E-state index is 0.109. The van der Waals surface area contributed by atoms with Gasteiger partial charge in [-0.1, -0.05) is 212 Å². The first-order valence-corrected chi connectivity index (χ1v) is 30.0. The number of hydrogen-bond donors (Lipinski definition) is 1. The van der Waals surface area contributed by atoms with Crippen molar-refractivity contribution in [3.63, 3.8) is 0 Å². The molecule has 6 rings (SSSR count). The van der Waals surface area contributed by atoms with Crippen molar-refractivity contribution in [2.75, 3.05) is 0 Å². The lowest BCUT2D eigenvalue weighted by Gasteiger charge is -2.36. The lowest BCUT2D eigenvalue weighted by atomic mass is 9.67. The van der Waals surface area contributed by atoms with Crippen LogP contribution in [0.3, 0.4) is 0 Å². The van der Waals surface area contributed by atoms with Gasteiger partial charge in [0.05, 0.1) is 11.2 Å². The Hall–Kier alpha value is -2.68. The van der Waals surface area contributed by atoms with Crippen molar-refractivity contribution in [1.29, 1.82) is 0 Å². The summed E-state index contributed by atoms with van der Waals surface area (Å²) in [4.78, 5) is 17.4. The Kier molecular flexibility index (Phi) is 21.5. The van der Waals surface area contributed by atoms with Crippen LogP contribution in [0.5, 0.6) is 5.75 Å². The van der Waals surface area contributed by atoms with Gasteiger partial charge in [0.25, 0.3) is 0 Å². The van der Waals surface area contributed by atoms with E-state index in [1.54, 1.807) is 5.56 Å². The van der Waals surface area contributed by atoms with E-state index in [0.29, 0.717) is 5.75 Å². The van der Waals surface area contributed by atoms with Crippen LogP contribution in [0, 0.1) is 0 Å². The highest BCUT2D eigenvalue weighted by atomic mass is 17.2. The summed E-state index contributed by atoms with van der Waals surface area (Å²) in [6, 6.07) is 19.6. The molecule has 1 unspecified atom stereocenters. The van der Waals surface area contributed by atoms with E-state index < -0.39 is 29.5 Å². The molecule has 0 amide bonds. The average Bonchev–Trinajstić information content (AvgIpc) is 3.87. The fourth-order valence-corrected chi connectivity index (χ4v) is 12.3. The third kappa shape index (κ3) is 13.3. The topological polar surface area (TPSA) is 66.4 Å². The molecule has 1 atom stereocenters. The predicted octanol–water partition coefficient (Wildman–Crippen LogP) is 19.3. The molecule has 0 aromatic heterocycles. The zero-order valence-electron chi connectivity index (χ0n) is 48.2. The van der Waals surface area contributed by atoms with E-state index in [1.807, 2.05) is 27.7 Å². The monoisotopic (exact) mass is 991 g/mol. The molecule has 72 heavy (non-hydrogen) atoms. The van der Waals surface area contributed by atoms with E-state index >= 15 is 0 Å². The number of rotatable bonds is 35. The standard InChI is InChI=1S/C65H103BO6/c1-13-17-21-25-29-33-37-45-65(44-36-32-28-24-20-16-4)57-47-51(68-72-63(11,12)62(9,10)71-67)39-41-53(57)55-49-58-54(48-59(55)65)52-40-38-50(66-69-60(5,6)61(7,8)70-66)46-56(52)64(58,42-34-30-26-22-18-14-2)43-35-31-27-23-19-15-3/h38-41,46-49,67H,13-37,42-45H2,1-12H3. The van der Waals surface area contributed by atoms with Gasteiger partial charge >= 0.3 is 7.12 Å². The van der Waals surface area contributed by atoms with Crippen molar-refractivity contribution >= 4 is 12.6 Å². The average molecular weight is 991 g/mol. The van der Waals surface area contributed by atoms with Gasteiger partial charge in [-0.3, -0.25) is 5.26 Å². The molecule has 2 aliphatic carbocycles. The first-order chi connectivity index (χ1) is 34.5. The van der Waals surface area contributed by atoms with Gasteiger partial charge in [-0.15, -0.1) is 0 Å². The molecule has 1 fully saturated rings. The summed E-state index contributed by atoms with van der Waals surface area (Å²) in [6.07, 6.45) is 36.6. The van der Waals surface area contributed by atoms with Gasteiger partial charge in [0.1, 0.15) is 11.2 Å². The van der Waals surface area contributed by atoms with E-state index in [2.05, 4.69) is 104 Å².